The molecule has 13 nitrogen and oxygen atoms in total. The summed E-state index contributed by atoms with van der Waals surface area (Å²) in [4.78, 5) is 44.4. The Balaban J connectivity index is 1.80. The summed E-state index contributed by atoms with van der Waals surface area (Å²) in [6.45, 7) is 1.33. The number of carbonyl (C=O) groups is 1. The number of methoxy groups -OCH3 is 1. The van der Waals surface area contributed by atoms with Gasteiger partial charge in [-0.3, -0.25) is 20.0 Å². The van der Waals surface area contributed by atoms with E-state index in [0.717, 1.165) is 0 Å². The van der Waals surface area contributed by atoms with Gasteiger partial charge >= 0.3 is 7.82 Å². The molecule has 0 aromatic carbocycles. The molecule has 5 atom stereocenters. The number of phosphoric ester groups is 1. The Kier molecular flexibility index (Phi) is 6.32. The minimum atomic E-state index is -4.74. The fraction of sp³-hybridized carbons (Fsp3) is 0.733. The first-order chi connectivity index (χ1) is 13.6. The lowest BCUT2D eigenvalue weighted by atomic mass is 9.95. The zero-order chi connectivity index (χ0) is 21.4. The summed E-state index contributed by atoms with van der Waals surface area (Å²) in [5.41, 5.74) is 4.79. The molecule has 0 aromatic heterocycles. The van der Waals surface area contributed by atoms with Gasteiger partial charge in [0.05, 0.1) is 6.61 Å². The van der Waals surface area contributed by atoms with Crippen LogP contribution in [0, 0.1) is 0 Å². The van der Waals surface area contributed by atoms with Crippen molar-refractivity contribution < 1.29 is 38.3 Å². The van der Waals surface area contributed by atoms with Crippen molar-refractivity contribution in [2.45, 2.75) is 50.0 Å². The topological polar surface area (TPSA) is 189 Å². The Morgan fingerprint density at radius 1 is 1.52 bits per heavy atom. The van der Waals surface area contributed by atoms with Gasteiger partial charge in [0, 0.05) is 13.5 Å². The number of aliphatic hydroxyl groups is 1. The van der Waals surface area contributed by atoms with E-state index in [2.05, 4.69) is 19.5 Å². The zero-order valence-corrected chi connectivity index (χ0v) is 16.8. The number of nitrogens with two attached hydrogens (primary N) is 1. The van der Waals surface area contributed by atoms with Gasteiger partial charge in [-0.1, -0.05) is 6.92 Å². The van der Waals surface area contributed by atoms with Crippen LogP contribution in [0.1, 0.15) is 19.8 Å². The number of hydrogen-bond acceptors (Lipinski definition) is 11. The summed E-state index contributed by atoms with van der Waals surface area (Å²) >= 11 is 0. The molecule has 0 spiro atoms. The molecule has 1 saturated heterocycles. The highest BCUT2D eigenvalue weighted by atomic mass is 31.2. The number of hydrogen-bond donors (Lipinski definition) is 4. The number of ether oxygens (including phenoxy) is 2. The van der Waals surface area contributed by atoms with Crippen LogP contribution < -0.4 is 5.73 Å². The van der Waals surface area contributed by atoms with Gasteiger partial charge in [0.1, 0.15) is 37.0 Å². The number of fused-ring (bicyclic) bond motifs is 1. The molecule has 1 unspecified atom stereocenters. The van der Waals surface area contributed by atoms with Gasteiger partial charge in [0.25, 0.3) is 0 Å². The number of Topliss-reactive ketones (excluding diaryl/α,β-unsaturated/α-hetero) is 1. The number of carbonyl (C=O) groups excluding carboxylic acids is 1. The molecule has 0 radical (unpaired) electrons. The summed E-state index contributed by atoms with van der Waals surface area (Å²) in [7, 11) is -3.38. The first kappa shape index (κ1) is 22.1. The lowest BCUT2D eigenvalue weighted by Crippen LogP contribution is -2.59. The van der Waals surface area contributed by atoms with Crippen LogP contribution in [-0.4, -0.2) is 94.1 Å². The third-order valence-corrected chi connectivity index (χ3v) is 5.35. The molecular weight excluding hydrogens is 409 g/mol. The molecular formula is C15H24N5O8P. The Morgan fingerprint density at radius 3 is 2.86 bits per heavy atom. The second-order valence-electron chi connectivity index (χ2n) is 6.80. The van der Waals surface area contributed by atoms with E-state index in [-0.39, 0.29) is 30.4 Å². The number of rotatable bonds is 8. The van der Waals surface area contributed by atoms with Crippen LogP contribution in [-0.2, 0) is 23.4 Å². The molecule has 3 heterocycles. The van der Waals surface area contributed by atoms with Crippen molar-refractivity contribution in [2.75, 3.05) is 20.4 Å². The maximum absolute atomic E-state index is 12.5. The van der Waals surface area contributed by atoms with Crippen molar-refractivity contribution in [2.24, 2.45) is 20.7 Å². The number of aliphatic hydroxyl groups excluding tert-OH is 1. The van der Waals surface area contributed by atoms with Crippen molar-refractivity contribution in [1.82, 2.24) is 4.90 Å². The molecule has 0 bridgehead atoms. The number of ketones is 1. The minimum absolute atomic E-state index is 0.0270. The Labute approximate surface area is 166 Å². The van der Waals surface area contributed by atoms with Gasteiger partial charge in [0.2, 0.25) is 5.66 Å². The standard InChI is InChI=1S/C15H24N5O8P/c1-3-4-9(21)15(16)12-13(17-6-19-15)20(7-18-12)14-11(26-2)10(22)8(28-14)5-27-29(23,24)25/h6,8,10-11,14,22H,3-5,7,16H2,1-2H3,(H2,23,24,25)/t8-,10-,11-,14-,15?/m1/s1. The van der Waals surface area contributed by atoms with E-state index in [1.807, 2.05) is 6.92 Å². The smallest absolute Gasteiger partial charge is 0.387 e. The van der Waals surface area contributed by atoms with Crippen LogP contribution in [0.25, 0.3) is 0 Å². The van der Waals surface area contributed by atoms with Crippen LogP contribution in [0.5, 0.6) is 0 Å². The van der Waals surface area contributed by atoms with Gasteiger partial charge in [-0.05, 0) is 6.42 Å². The van der Waals surface area contributed by atoms with Crippen molar-refractivity contribution in [1.29, 1.82) is 0 Å². The van der Waals surface area contributed by atoms with E-state index in [9.17, 15) is 14.5 Å². The van der Waals surface area contributed by atoms with Gasteiger partial charge in [-0.15, -0.1) is 0 Å². The van der Waals surface area contributed by atoms with E-state index in [0.29, 0.717) is 6.42 Å². The van der Waals surface area contributed by atoms with E-state index in [1.54, 1.807) is 4.90 Å². The monoisotopic (exact) mass is 433 g/mol. The third kappa shape index (κ3) is 4.18. The fourth-order valence-corrected chi connectivity index (χ4v) is 3.78. The molecule has 14 heteroatoms. The number of nitrogens with zero attached hydrogens (tertiary/aromatic N) is 4. The normalized spacial score (nSPS) is 34.2. The first-order valence-electron chi connectivity index (χ1n) is 8.94. The van der Waals surface area contributed by atoms with E-state index >= 15 is 0 Å². The molecule has 1 fully saturated rings. The van der Waals surface area contributed by atoms with Crippen molar-refractivity contribution >= 4 is 31.5 Å². The molecule has 5 N–H and O–H groups in total. The molecule has 3 rings (SSSR count). The predicted octanol–water partition coefficient (Wildman–Crippen LogP) is -1.62. The molecule has 0 aromatic rings. The highest BCUT2D eigenvalue weighted by Crippen LogP contribution is 2.38. The summed E-state index contributed by atoms with van der Waals surface area (Å²) in [5, 5.41) is 10.4. The number of aliphatic imine (C=N–C) groups is 3. The Hall–Kier alpha value is -1.57. The largest absolute Gasteiger partial charge is 0.469 e. The van der Waals surface area contributed by atoms with E-state index in [4.69, 9.17) is 25.0 Å². The second kappa shape index (κ2) is 8.28. The van der Waals surface area contributed by atoms with Crippen LogP contribution in [0.3, 0.4) is 0 Å². The van der Waals surface area contributed by atoms with Crippen molar-refractivity contribution in [3.8, 4) is 0 Å². The zero-order valence-electron chi connectivity index (χ0n) is 15.9. The van der Waals surface area contributed by atoms with Crippen LogP contribution in [0.15, 0.2) is 15.0 Å². The molecule has 0 amide bonds. The van der Waals surface area contributed by atoms with Crippen LogP contribution in [0.2, 0.25) is 0 Å². The molecule has 3 aliphatic heterocycles. The highest BCUT2D eigenvalue weighted by Gasteiger charge is 2.53. The molecule has 29 heavy (non-hydrogen) atoms. The SMILES string of the molecule is CCCC(=O)C1(N)N=CN=C2C1=NCN2[C@@H]1O[C@H](COP(=O)(O)O)[C@@H](O)[C@H]1OC. The summed E-state index contributed by atoms with van der Waals surface area (Å²) < 4.78 is 26.5. The number of phosphoric acid groups is 1. The molecule has 162 valence electrons. The fourth-order valence-electron chi connectivity index (χ4n) is 3.44. The maximum atomic E-state index is 12.5. The van der Waals surface area contributed by atoms with Crippen LogP contribution >= 0.6 is 7.82 Å². The van der Waals surface area contributed by atoms with Gasteiger partial charge in [-0.2, -0.15) is 0 Å². The number of amidine groups is 1. The predicted molar refractivity (Wildman–Crippen MR) is 100 cm³/mol. The average molecular weight is 433 g/mol. The summed E-state index contributed by atoms with van der Waals surface area (Å²) in [5.74, 6) is -0.0319. The minimum Gasteiger partial charge on any atom is -0.387 e. The summed E-state index contributed by atoms with van der Waals surface area (Å²) in [6.07, 6.45) is -2.09. The van der Waals surface area contributed by atoms with E-state index in [1.165, 1.54) is 13.4 Å². The van der Waals surface area contributed by atoms with Crippen molar-refractivity contribution in [3.05, 3.63) is 0 Å². The molecule has 0 aliphatic carbocycles. The second-order valence-corrected chi connectivity index (χ2v) is 8.04. The Bertz CT molecular complexity index is 798. The highest BCUT2D eigenvalue weighted by molar-refractivity contribution is 7.46. The van der Waals surface area contributed by atoms with Gasteiger partial charge < -0.3 is 29.3 Å². The van der Waals surface area contributed by atoms with E-state index < -0.39 is 44.6 Å². The maximum Gasteiger partial charge on any atom is 0.469 e. The van der Waals surface area contributed by atoms with Crippen molar-refractivity contribution in [3.63, 3.8) is 0 Å². The summed E-state index contributed by atoms with van der Waals surface area (Å²) in [6, 6.07) is 0. The molecule has 3 aliphatic rings. The van der Waals surface area contributed by atoms with Crippen LogP contribution in [0.4, 0.5) is 0 Å². The lowest BCUT2D eigenvalue weighted by molar-refractivity contribution is -0.121. The van der Waals surface area contributed by atoms with Gasteiger partial charge in [0.15, 0.2) is 17.8 Å². The van der Waals surface area contributed by atoms with Gasteiger partial charge in [-0.25, -0.2) is 14.5 Å². The Morgan fingerprint density at radius 2 is 2.24 bits per heavy atom. The molecule has 0 saturated carbocycles. The quantitative estimate of drug-likeness (QED) is 0.324. The third-order valence-electron chi connectivity index (χ3n) is 4.87. The first-order valence-corrected chi connectivity index (χ1v) is 10.5. The lowest BCUT2D eigenvalue weighted by Gasteiger charge is -2.32. The average Bonchev–Trinajstić information content (AvgIpc) is 3.21.